The fourth-order valence-corrected chi connectivity index (χ4v) is 2.09. The van der Waals surface area contributed by atoms with Crippen LogP contribution in [0.2, 0.25) is 0 Å². The van der Waals surface area contributed by atoms with Crippen LogP contribution in [0.25, 0.3) is 0 Å². The molecule has 7 heteroatoms. The standard InChI is InChI=1S/C14H16N4O2S/c1-4-20-14(19)12-13(21-18-16-12)17-15-10(3)11-7-5-9(2)6-8-11/h5-8,17H,4H2,1-3H3/b15-10-. The van der Waals surface area contributed by atoms with E-state index in [2.05, 4.69) is 20.1 Å². The summed E-state index contributed by atoms with van der Waals surface area (Å²) in [5.41, 5.74) is 5.98. The number of hydrazone groups is 1. The fraction of sp³-hybridized carbons (Fsp3) is 0.286. The third-order valence-corrected chi connectivity index (χ3v) is 3.38. The molecule has 0 unspecified atom stereocenters. The van der Waals surface area contributed by atoms with Crippen LogP contribution in [0.5, 0.6) is 0 Å². The molecule has 0 aliphatic heterocycles. The lowest BCUT2D eigenvalue weighted by atomic mass is 10.1. The minimum Gasteiger partial charge on any atom is -0.461 e. The number of ether oxygens (including phenoxy) is 1. The van der Waals surface area contributed by atoms with E-state index in [4.69, 9.17) is 4.74 Å². The first-order valence-corrected chi connectivity index (χ1v) is 7.26. The predicted molar refractivity (Wildman–Crippen MR) is 82.9 cm³/mol. The van der Waals surface area contributed by atoms with Gasteiger partial charge >= 0.3 is 5.97 Å². The van der Waals surface area contributed by atoms with Crippen molar-refractivity contribution in [3.8, 4) is 0 Å². The molecule has 0 radical (unpaired) electrons. The Morgan fingerprint density at radius 3 is 2.76 bits per heavy atom. The van der Waals surface area contributed by atoms with Crippen LogP contribution in [-0.4, -0.2) is 27.9 Å². The molecule has 6 nitrogen and oxygen atoms in total. The predicted octanol–water partition coefficient (Wildman–Crippen LogP) is 2.86. The lowest BCUT2D eigenvalue weighted by Crippen LogP contribution is -2.08. The molecule has 0 aliphatic rings. The highest BCUT2D eigenvalue weighted by molar-refractivity contribution is 7.10. The van der Waals surface area contributed by atoms with Crippen LogP contribution in [0.4, 0.5) is 5.00 Å². The molecule has 0 bridgehead atoms. The second kappa shape index (κ2) is 6.94. The zero-order valence-electron chi connectivity index (χ0n) is 12.1. The van der Waals surface area contributed by atoms with E-state index in [-0.39, 0.29) is 5.69 Å². The quantitative estimate of drug-likeness (QED) is 0.522. The number of nitrogens with one attached hydrogen (secondary N) is 1. The third kappa shape index (κ3) is 3.85. The molecular weight excluding hydrogens is 288 g/mol. The summed E-state index contributed by atoms with van der Waals surface area (Å²) in [7, 11) is 0. The Kier molecular flexibility index (Phi) is 4.99. The molecule has 110 valence electrons. The number of carbonyl (C=O) groups is 1. The molecule has 0 saturated carbocycles. The summed E-state index contributed by atoms with van der Waals surface area (Å²) in [6.45, 7) is 5.95. The fourth-order valence-electron chi connectivity index (χ4n) is 1.59. The van der Waals surface area contributed by atoms with Gasteiger partial charge in [0, 0.05) is 11.5 Å². The average molecular weight is 304 g/mol. The van der Waals surface area contributed by atoms with Gasteiger partial charge < -0.3 is 4.74 Å². The summed E-state index contributed by atoms with van der Waals surface area (Å²) in [5.74, 6) is -0.503. The largest absolute Gasteiger partial charge is 0.461 e. The summed E-state index contributed by atoms with van der Waals surface area (Å²) < 4.78 is 8.66. The Hall–Kier alpha value is -2.28. The van der Waals surface area contributed by atoms with Gasteiger partial charge in [0.25, 0.3) is 0 Å². The molecule has 1 aromatic carbocycles. The van der Waals surface area contributed by atoms with Gasteiger partial charge in [-0.25, -0.2) is 4.79 Å². The van der Waals surface area contributed by atoms with Crippen LogP contribution in [-0.2, 0) is 4.74 Å². The highest BCUT2D eigenvalue weighted by Crippen LogP contribution is 2.18. The van der Waals surface area contributed by atoms with E-state index in [0.717, 1.165) is 22.8 Å². The van der Waals surface area contributed by atoms with Gasteiger partial charge in [0.15, 0.2) is 5.00 Å². The summed E-state index contributed by atoms with van der Waals surface area (Å²) in [6.07, 6.45) is 0. The van der Waals surface area contributed by atoms with E-state index in [0.29, 0.717) is 11.6 Å². The maximum Gasteiger partial charge on any atom is 0.362 e. The highest BCUT2D eigenvalue weighted by atomic mass is 32.1. The van der Waals surface area contributed by atoms with Crippen molar-refractivity contribution in [2.24, 2.45) is 5.10 Å². The van der Waals surface area contributed by atoms with Crippen LogP contribution in [0.3, 0.4) is 0 Å². The average Bonchev–Trinajstić information content (AvgIpc) is 2.94. The number of aromatic nitrogens is 2. The Labute approximate surface area is 127 Å². The molecule has 0 aliphatic carbocycles. The maximum atomic E-state index is 11.7. The van der Waals surface area contributed by atoms with Crippen molar-refractivity contribution in [1.29, 1.82) is 0 Å². The molecule has 0 amide bonds. The lowest BCUT2D eigenvalue weighted by molar-refractivity contribution is 0.0520. The van der Waals surface area contributed by atoms with E-state index < -0.39 is 5.97 Å². The first-order valence-electron chi connectivity index (χ1n) is 6.48. The number of benzene rings is 1. The van der Waals surface area contributed by atoms with Gasteiger partial charge in [0.1, 0.15) is 0 Å². The molecule has 1 N–H and O–H groups in total. The van der Waals surface area contributed by atoms with Crippen LogP contribution >= 0.6 is 11.5 Å². The monoisotopic (exact) mass is 304 g/mol. The number of nitrogens with zero attached hydrogens (tertiary/aromatic N) is 3. The Bertz CT molecular complexity index is 649. The molecule has 1 aromatic heterocycles. The van der Waals surface area contributed by atoms with E-state index in [1.54, 1.807) is 6.92 Å². The molecular formula is C14H16N4O2S. The Morgan fingerprint density at radius 2 is 2.10 bits per heavy atom. The minimum absolute atomic E-state index is 0.155. The number of hydrogen-bond donors (Lipinski definition) is 1. The Morgan fingerprint density at radius 1 is 1.38 bits per heavy atom. The smallest absolute Gasteiger partial charge is 0.362 e. The number of aryl methyl sites for hydroxylation is 1. The number of rotatable bonds is 5. The first kappa shape index (κ1) is 15.1. The van der Waals surface area contributed by atoms with Crippen molar-refractivity contribution in [2.45, 2.75) is 20.8 Å². The molecule has 0 saturated heterocycles. The number of carbonyl (C=O) groups excluding carboxylic acids is 1. The molecule has 2 rings (SSSR count). The number of anilines is 1. The minimum atomic E-state index is -0.503. The van der Waals surface area contributed by atoms with Gasteiger partial charge in [0.05, 0.1) is 12.3 Å². The van der Waals surface area contributed by atoms with Crippen molar-refractivity contribution < 1.29 is 9.53 Å². The maximum absolute atomic E-state index is 11.7. The summed E-state index contributed by atoms with van der Waals surface area (Å²) in [5, 5.41) is 8.49. The molecule has 0 spiro atoms. The summed E-state index contributed by atoms with van der Waals surface area (Å²) in [6, 6.07) is 8.03. The van der Waals surface area contributed by atoms with E-state index >= 15 is 0 Å². The van der Waals surface area contributed by atoms with Gasteiger partial charge in [-0.05, 0) is 26.3 Å². The van der Waals surface area contributed by atoms with Gasteiger partial charge in [0.2, 0.25) is 5.69 Å². The highest BCUT2D eigenvalue weighted by Gasteiger charge is 2.17. The van der Waals surface area contributed by atoms with Crippen molar-refractivity contribution >= 4 is 28.2 Å². The SMILES string of the molecule is CCOC(=O)c1nnsc1N/N=C(/C)c1ccc(C)cc1. The Balaban J connectivity index is 2.12. The van der Waals surface area contributed by atoms with Gasteiger partial charge in [-0.15, -0.1) is 5.10 Å². The van der Waals surface area contributed by atoms with E-state index in [9.17, 15) is 4.79 Å². The van der Waals surface area contributed by atoms with Crippen molar-refractivity contribution in [2.75, 3.05) is 12.0 Å². The lowest BCUT2D eigenvalue weighted by Gasteiger charge is -2.03. The van der Waals surface area contributed by atoms with E-state index in [1.165, 1.54) is 5.56 Å². The summed E-state index contributed by atoms with van der Waals surface area (Å²) in [4.78, 5) is 11.7. The topological polar surface area (TPSA) is 76.5 Å². The number of esters is 1. The van der Waals surface area contributed by atoms with Crippen LogP contribution < -0.4 is 5.43 Å². The van der Waals surface area contributed by atoms with Crippen molar-refractivity contribution in [3.05, 3.63) is 41.1 Å². The molecule has 0 atom stereocenters. The summed E-state index contributed by atoms with van der Waals surface area (Å²) >= 11 is 1.06. The van der Waals surface area contributed by atoms with Crippen LogP contribution in [0.1, 0.15) is 35.5 Å². The van der Waals surface area contributed by atoms with Gasteiger partial charge in [-0.2, -0.15) is 5.10 Å². The molecule has 21 heavy (non-hydrogen) atoms. The van der Waals surface area contributed by atoms with Crippen LogP contribution in [0, 0.1) is 6.92 Å². The normalized spacial score (nSPS) is 11.3. The van der Waals surface area contributed by atoms with Gasteiger partial charge in [-0.1, -0.05) is 34.3 Å². The van der Waals surface area contributed by atoms with Gasteiger partial charge in [-0.3, -0.25) is 5.43 Å². The van der Waals surface area contributed by atoms with Crippen LogP contribution in [0.15, 0.2) is 29.4 Å². The first-order chi connectivity index (χ1) is 10.1. The number of hydrogen-bond acceptors (Lipinski definition) is 7. The van der Waals surface area contributed by atoms with Crippen molar-refractivity contribution in [1.82, 2.24) is 9.59 Å². The zero-order chi connectivity index (χ0) is 15.2. The molecule has 0 fully saturated rings. The van der Waals surface area contributed by atoms with Crippen molar-refractivity contribution in [3.63, 3.8) is 0 Å². The molecule has 1 heterocycles. The second-order valence-electron chi connectivity index (χ2n) is 4.35. The third-order valence-electron chi connectivity index (χ3n) is 2.75. The second-order valence-corrected chi connectivity index (χ2v) is 5.10. The zero-order valence-corrected chi connectivity index (χ0v) is 12.9. The molecule has 2 aromatic rings. The van der Waals surface area contributed by atoms with E-state index in [1.807, 2.05) is 38.1 Å².